The summed E-state index contributed by atoms with van der Waals surface area (Å²) in [6, 6.07) is 9.45. The van der Waals surface area contributed by atoms with E-state index in [4.69, 9.17) is 4.74 Å². The summed E-state index contributed by atoms with van der Waals surface area (Å²) in [5, 5.41) is 3.28. The lowest BCUT2D eigenvalue weighted by atomic mass is 10.0. The van der Waals surface area contributed by atoms with E-state index in [1.807, 2.05) is 13.0 Å². The number of ether oxygens (including phenoxy) is 1. The molecule has 1 fully saturated rings. The number of aromatic nitrogens is 2. The van der Waals surface area contributed by atoms with E-state index in [0.29, 0.717) is 5.56 Å². The lowest BCUT2D eigenvalue weighted by molar-refractivity contribution is 0.301. The number of hydrogen-bond acceptors (Lipinski definition) is 5. The number of piperazine rings is 1. The van der Waals surface area contributed by atoms with Gasteiger partial charge in [0.1, 0.15) is 29.8 Å². The number of anilines is 1. The van der Waals surface area contributed by atoms with Crippen LogP contribution in [0.5, 0.6) is 5.75 Å². The third-order valence-corrected chi connectivity index (χ3v) is 5.00. The standard InChI is InChI=1S/C22H22F2N4O/c1-15-17(3-2-5-26-15)14-29-18-12-19(23)22(20(24)13-18)16-4-6-27-21(11-16)28-9-7-25-8-10-28/h2-6,11-13,25H,7-10,14H2,1H3. The molecule has 1 aliphatic heterocycles. The second kappa shape index (κ2) is 8.53. The van der Waals surface area contributed by atoms with Crippen LogP contribution < -0.4 is 15.0 Å². The van der Waals surface area contributed by atoms with Crippen LogP contribution in [0.2, 0.25) is 0 Å². The highest BCUT2D eigenvalue weighted by atomic mass is 19.1. The molecule has 150 valence electrons. The SMILES string of the molecule is Cc1ncccc1COc1cc(F)c(-c2ccnc(N3CCNCC3)c2)c(F)c1. The Morgan fingerprint density at radius 1 is 1.03 bits per heavy atom. The molecule has 0 amide bonds. The Kier molecular flexibility index (Phi) is 5.67. The number of aryl methyl sites for hydroxylation is 1. The van der Waals surface area contributed by atoms with E-state index in [1.54, 1.807) is 30.6 Å². The first-order valence-electron chi connectivity index (χ1n) is 9.56. The zero-order valence-electron chi connectivity index (χ0n) is 16.2. The van der Waals surface area contributed by atoms with Crippen LogP contribution in [0.4, 0.5) is 14.6 Å². The predicted molar refractivity (Wildman–Crippen MR) is 108 cm³/mol. The van der Waals surface area contributed by atoms with Crippen LogP contribution in [0.3, 0.4) is 0 Å². The molecule has 0 bridgehead atoms. The minimum absolute atomic E-state index is 0.0753. The Bertz CT molecular complexity index is 983. The second-order valence-corrected chi connectivity index (χ2v) is 6.94. The maximum atomic E-state index is 14.8. The maximum absolute atomic E-state index is 14.8. The molecule has 0 radical (unpaired) electrons. The fourth-order valence-electron chi connectivity index (χ4n) is 3.38. The molecule has 5 nitrogen and oxygen atoms in total. The van der Waals surface area contributed by atoms with Gasteiger partial charge in [-0.05, 0) is 30.7 Å². The van der Waals surface area contributed by atoms with E-state index in [1.165, 1.54) is 12.1 Å². The monoisotopic (exact) mass is 396 g/mol. The van der Waals surface area contributed by atoms with Crippen molar-refractivity contribution in [3.63, 3.8) is 0 Å². The first-order valence-corrected chi connectivity index (χ1v) is 9.56. The lowest BCUT2D eigenvalue weighted by Crippen LogP contribution is -2.43. The highest BCUT2D eigenvalue weighted by Gasteiger charge is 2.17. The van der Waals surface area contributed by atoms with Gasteiger partial charge in [-0.1, -0.05) is 6.07 Å². The molecule has 7 heteroatoms. The molecule has 1 aliphatic rings. The van der Waals surface area contributed by atoms with Crippen LogP contribution >= 0.6 is 0 Å². The van der Waals surface area contributed by atoms with Gasteiger partial charge in [0.25, 0.3) is 0 Å². The average molecular weight is 396 g/mol. The Balaban J connectivity index is 1.56. The third-order valence-electron chi connectivity index (χ3n) is 5.00. The molecule has 1 saturated heterocycles. The molecule has 4 rings (SSSR count). The van der Waals surface area contributed by atoms with Gasteiger partial charge >= 0.3 is 0 Å². The first-order chi connectivity index (χ1) is 14.1. The molecule has 0 spiro atoms. The summed E-state index contributed by atoms with van der Waals surface area (Å²) >= 11 is 0. The molecular weight excluding hydrogens is 374 g/mol. The van der Waals surface area contributed by atoms with Crippen molar-refractivity contribution in [3.8, 4) is 16.9 Å². The van der Waals surface area contributed by atoms with Crippen molar-refractivity contribution in [1.82, 2.24) is 15.3 Å². The third kappa shape index (κ3) is 4.35. The van der Waals surface area contributed by atoms with Crippen molar-refractivity contribution in [1.29, 1.82) is 0 Å². The smallest absolute Gasteiger partial charge is 0.137 e. The summed E-state index contributed by atoms with van der Waals surface area (Å²) in [4.78, 5) is 10.6. The minimum Gasteiger partial charge on any atom is -0.489 e. The van der Waals surface area contributed by atoms with Gasteiger partial charge in [-0.15, -0.1) is 0 Å². The predicted octanol–water partition coefficient (Wildman–Crippen LogP) is 3.72. The minimum atomic E-state index is -0.666. The van der Waals surface area contributed by atoms with Crippen molar-refractivity contribution < 1.29 is 13.5 Å². The molecule has 3 aromatic rings. The van der Waals surface area contributed by atoms with Crippen LogP contribution in [0.15, 0.2) is 48.8 Å². The van der Waals surface area contributed by atoms with Crippen LogP contribution in [0.25, 0.3) is 11.1 Å². The summed E-state index contributed by atoms with van der Waals surface area (Å²) < 4.78 is 35.2. The van der Waals surface area contributed by atoms with E-state index in [2.05, 4.69) is 20.2 Å². The summed E-state index contributed by atoms with van der Waals surface area (Å²) in [6.07, 6.45) is 3.28. The summed E-state index contributed by atoms with van der Waals surface area (Å²) in [5.41, 5.74) is 2.07. The number of pyridine rings is 2. The number of benzene rings is 1. The molecule has 0 saturated carbocycles. The number of hydrogen-bond donors (Lipinski definition) is 1. The van der Waals surface area contributed by atoms with E-state index >= 15 is 0 Å². The molecule has 3 heterocycles. The van der Waals surface area contributed by atoms with Gasteiger partial charge in [-0.2, -0.15) is 0 Å². The number of rotatable bonds is 5. The molecule has 0 aliphatic carbocycles. The van der Waals surface area contributed by atoms with Crippen LogP contribution in [0.1, 0.15) is 11.3 Å². The Labute approximate surface area is 168 Å². The first kappa shape index (κ1) is 19.3. The van der Waals surface area contributed by atoms with Gasteiger partial charge in [0.2, 0.25) is 0 Å². The lowest BCUT2D eigenvalue weighted by Gasteiger charge is -2.28. The molecule has 2 aromatic heterocycles. The summed E-state index contributed by atoms with van der Waals surface area (Å²) in [7, 11) is 0. The number of nitrogens with one attached hydrogen (secondary N) is 1. The van der Waals surface area contributed by atoms with Gasteiger partial charge in [0.15, 0.2) is 0 Å². The molecule has 0 atom stereocenters. The second-order valence-electron chi connectivity index (χ2n) is 6.94. The largest absolute Gasteiger partial charge is 0.489 e. The van der Waals surface area contributed by atoms with E-state index < -0.39 is 11.6 Å². The highest BCUT2D eigenvalue weighted by molar-refractivity contribution is 5.68. The molecule has 29 heavy (non-hydrogen) atoms. The van der Waals surface area contributed by atoms with Gasteiger partial charge in [0.05, 0.1) is 5.56 Å². The van der Waals surface area contributed by atoms with Gasteiger partial charge < -0.3 is 15.0 Å². The van der Waals surface area contributed by atoms with Crippen LogP contribution in [-0.2, 0) is 6.61 Å². The topological polar surface area (TPSA) is 50.3 Å². The fraction of sp³-hybridized carbons (Fsp3) is 0.273. The highest BCUT2D eigenvalue weighted by Crippen LogP contribution is 2.31. The molecule has 1 aromatic carbocycles. The van der Waals surface area contributed by atoms with E-state index in [9.17, 15) is 8.78 Å². The van der Waals surface area contributed by atoms with Crippen LogP contribution in [0, 0.1) is 18.6 Å². The Morgan fingerprint density at radius 2 is 1.79 bits per heavy atom. The van der Waals surface area contributed by atoms with E-state index in [0.717, 1.165) is 43.3 Å². The molecule has 0 unspecified atom stereocenters. The Hall–Kier alpha value is -3.06. The normalized spacial score (nSPS) is 14.1. The van der Waals surface area contributed by atoms with Crippen molar-refractivity contribution in [2.75, 3.05) is 31.1 Å². The average Bonchev–Trinajstić information content (AvgIpc) is 2.74. The fourth-order valence-corrected chi connectivity index (χ4v) is 3.38. The molecule has 1 N–H and O–H groups in total. The number of halogens is 2. The van der Waals surface area contributed by atoms with Crippen molar-refractivity contribution >= 4 is 5.82 Å². The number of nitrogens with zero attached hydrogens (tertiary/aromatic N) is 3. The van der Waals surface area contributed by atoms with Crippen molar-refractivity contribution in [3.05, 3.63) is 71.7 Å². The van der Waals surface area contributed by atoms with Crippen LogP contribution in [-0.4, -0.2) is 36.1 Å². The van der Waals surface area contributed by atoms with Gasteiger partial charge in [-0.3, -0.25) is 4.98 Å². The summed E-state index contributed by atoms with van der Waals surface area (Å²) in [5.74, 6) is -0.473. The maximum Gasteiger partial charge on any atom is 0.137 e. The van der Waals surface area contributed by atoms with Crippen molar-refractivity contribution in [2.45, 2.75) is 13.5 Å². The van der Waals surface area contributed by atoms with Gasteiger partial charge in [-0.25, -0.2) is 13.8 Å². The summed E-state index contributed by atoms with van der Waals surface area (Å²) in [6.45, 7) is 5.39. The Morgan fingerprint density at radius 3 is 2.52 bits per heavy atom. The van der Waals surface area contributed by atoms with Gasteiger partial charge in [0, 0.05) is 62.0 Å². The quantitative estimate of drug-likeness (QED) is 0.712. The van der Waals surface area contributed by atoms with Crippen molar-refractivity contribution in [2.24, 2.45) is 0 Å². The van der Waals surface area contributed by atoms with E-state index in [-0.39, 0.29) is 17.9 Å². The molecular formula is C22H22F2N4O. The zero-order chi connectivity index (χ0) is 20.2. The zero-order valence-corrected chi connectivity index (χ0v) is 16.2.